The van der Waals surface area contributed by atoms with Crippen LogP contribution in [0.1, 0.15) is 16.3 Å². The lowest BCUT2D eigenvalue weighted by Gasteiger charge is -2.33. The maximum Gasteiger partial charge on any atom is 0.738 e. The summed E-state index contributed by atoms with van der Waals surface area (Å²) in [5, 5.41) is 11.0. The van der Waals surface area contributed by atoms with Gasteiger partial charge < -0.3 is 22.7 Å². The van der Waals surface area contributed by atoms with Crippen LogP contribution >= 0.6 is 22.7 Å². The standard InChI is InChI=1S/C29H17BF2N4OS2/c31-30(32)35-21(13-15-23(35)28-33-19-5-1-3-7-25(19)38-28)27(17-9-11-18(37)12-10-17)22-14-16-24(36(22)30)29-34-20-6-2-4-8-26(20)39-29/h1-16,37H. The number of para-hydroxylation sites is 2. The molecular weight excluding hydrogens is 533 g/mol. The summed E-state index contributed by atoms with van der Waals surface area (Å²) >= 11 is 2.79. The highest BCUT2D eigenvalue weighted by molar-refractivity contribution is 7.21. The van der Waals surface area contributed by atoms with E-state index in [0.29, 0.717) is 38.4 Å². The Morgan fingerprint density at radius 1 is 0.718 bits per heavy atom. The molecular formula is C29H17BF2N4OS2. The number of thiazole rings is 2. The third-order valence-corrected chi connectivity index (χ3v) is 9.27. The predicted octanol–water partition coefficient (Wildman–Crippen LogP) is 7.15. The van der Waals surface area contributed by atoms with Crippen LogP contribution in [0.3, 0.4) is 0 Å². The topological polar surface area (TPSA) is 54.0 Å². The first-order valence-corrected chi connectivity index (χ1v) is 14.0. The van der Waals surface area contributed by atoms with E-state index >= 15 is 8.63 Å². The molecule has 0 unspecified atom stereocenters. The minimum atomic E-state index is -4.31. The molecule has 8 rings (SSSR count). The van der Waals surface area contributed by atoms with Crippen LogP contribution in [0, 0.1) is 0 Å². The lowest BCUT2D eigenvalue weighted by Crippen LogP contribution is -2.51. The van der Waals surface area contributed by atoms with Gasteiger partial charge in [0.2, 0.25) is 0 Å². The van der Waals surface area contributed by atoms with Gasteiger partial charge in [-0.2, -0.15) is 0 Å². The van der Waals surface area contributed by atoms with Gasteiger partial charge >= 0.3 is 6.97 Å². The number of phenols is 1. The van der Waals surface area contributed by atoms with Gasteiger partial charge in [0.25, 0.3) is 0 Å². The van der Waals surface area contributed by atoms with Crippen molar-refractivity contribution in [3.8, 4) is 16.5 Å². The van der Waals surface area contributed by atoms with Crippen molar-refractivity contribution in [2.45, 2.75) is 0 Å². The Kier molecular flexibility index (Phi) is 4.66. The SMILES string of the molecule is Oc1ccc(C2=C3C=CC(c4nc5ccccc5s4)=[N+]3[B-](F)(F)n3c2ccc3-c2nc3ccccc3s2)cc1. The molecule has 2 aliphatic rings. The number of hydrogen-bond acceptors (Lipinski definition) is 5. The molecule has 0 radical (unpaired) electrons. The summed E-state index contributed by atoms with van der Waals surface area (Å²) in [7, 11) is 0. The fraction of sp³-hybridized carbons (Fsp3) is 0. The molecule has 0 atom stereocenters. The highest BCUT2D eigenvalue weighted by Crippen LogP contribution is 2.44. The molecule has 1 N–H and O–H groups in total. The van der Waals surface area contributed by atoms with Crippen LogP contribution < -0.4 is 0 Å². The Morgan fingerprint density at radius 3 is 2.03 bits per heavy atom. The second kappa shape index (κ2) is 8.05. The zero-order valence-electron chi connectivity index (χ0n) is 20.1. The van der Waals surface area contributed by atoms with E-state index in [0.717, 1.165) is 35.0 Å². The van der Waals surface area contributed by atoms with E-state index in [1.54, 1.807) is 48.6 Å². The fourth-order valence-corrected chi connectivity index (χ4v) is 7.43. The van der Waals surface area contributed by atoms with E-state index < -0.39 is 6.97 Å². The molecule has 10 heteroatoms. The minimum Gasteiger partial charge on any atom is -0.508 e. The highest BCUT2D eigenvalue weighted by atomic mass is 32.1. The third kappa shape index (κ3) is 3.25. The maximum absolute atomic E-state index is 16.9. The lowest BCUT2D eigenvalue weighted by atomic mass is 9.85. The number of aromatic nitrogens is 3. The van der Waals surface area contributed by atoms with Crippen LogP contribution in [0.5, 0.6) is 5.75 Å². The van der Waals surface area contributed by atoms with Gasteiger partial charge in [-0.15, -0.1) is 22.7 Å². The summed E-state index contributed by atoms with van der Waals surface area (Å²) < 4.78 is 38.0. The molecule has 188 valence electrons. The molecule has 0 spiro atoms. The number of phenolic OH excluding ortho intramolecular Hbond substituents is 1. The first-order valence-electron chi connectivity index (χ1n) is 12.3. The summed E-state index contributed by atoms with van der Waals surface area (Å²) in [6.07, 6.45) is 3.47. The molecule has 5 nitrogen and oxygen atoms in total. The van der Waals surface area contributed by atoms with Crippen molar-refractivity contribution in [1.82, 2.24) is 14.4 Å². The second-order valence-electron chi connectivity index (χ2n) is 9.43. The number of fused-ring (bicyclic) bond motifs is 4. The summed E-state index contributed by atoms with van der Waals surface area (Å²) in [5.74, 6) is 0.112. The average Bonchev–Trinajstić information content (AvgIpc) is 3.73. The number of aromatic hydroxyl groups is 1. The van der Waals surface area contributed by atoms with Crippen LogP contribution in [0.2, 0.25) is 0 Å². The van der Waals surface area contributed by atoms with Crippen LogP contribution in [0.4, 0.5) is 8.63 Å². The maximum atomic E-state index is 16.9. The summed E-state index contributed by atoms with van der Waals surface area (Å²) in [4.78, 5) is 9.41. The molecule has 39 heavy (non-hydrogen) atoms. The number of hydrogen-bond donors (Lipinski definition) is 1. The summed E-state index contributed by atoms with van der Waals surface area (Å²) in [5.41, 5.74) is 4.47. The molecule has 0 saturated heterocycles. The third-order valence-electron chi connectivity index (χ3n) is 7.15. The highest BCUT2D eigenvalue weighted by Gasteiger charge is 2.55. The van der Waals surface area contributed by atoms with Gasteiger partial charge in [0.05, 0.1) is 26.0 Å². The quantitative estimate of drug-likeness (QED) is 0.238. The zero-order chi connectivity index (χ0) is 26.3. The average molecular weight is 550 g/mol. The van der Waals surface area contributed by atoms with Crippen LogP contribution in [0.25, 0.3) is 36.7 Å². The van der Waals surface area contributed by atoms with Gasteiger partial charge in [-0.05, 0) is 54.1 Å². The van der Waals surface area contributed by atoms with Crippen molar-refractivity contribution in [2.75, 3.05) is 0 Å². The largest absolute Gasteiger partial charge is 0.738 e. The Labute approximate surface area is 229 Å². The molecule has 2 aliphatic heterocycles. The Balaban J connectivity index is 1.43. The minimum absolute atomic E-state index is 0.112. The molecule has 0 bridgehead atoms. The van der Waals surface area contributed by atoms with Crippen LogP contribution in [0.15, 0.2) is 103 Å². The summed E-state index contributed by atoms with van der Waals surface area (Å²) in [6.45, 7) is -4.31. The van der Waals surface area contributed by atoms with Gasteiger partial charge in [0.1, 0.15) is 10.8 Å². The molecule has 0 amide bonds. The molecule has 3 aromatic heterocycles. The number of nitrogens with zero attached hydrogens (tertiary/aromatic N) is 4. The van der Waals surface area contributed by atoms with Crippen molar-refractivity contribution >= 4 is 61.4 Å². The van der Waals surface area contributed by atoms with Gasteiger partial charge in [-0.1, -0.05) is 36.4 Å². The molecule has 0 fully saturated rings. The van der Waals surface area contributed by atoms with Gasteiger partial charge in [0, 0.05) is 23.5 Å². The molecule has 3 aromatic carbocycles. The monoisotopic (exact) mass is 550 g/mol. The van der Waals surface area contributed by atoms with Gasteiger partial charge in [0.15, 0.2) is 16.4 Å². The van der Waals surface area contributed by atoms with E-state index in [-0.39, 0.29) is 5.75 Å². The Hall–Kier alpha value is -4.41. The van der Waals surface area contributed by atoms with Gasteiger partial charge in [-0.25, -0.2) is 9.97 Å². The predicted molar refractivity (Wildman–Crippen MR) is 154 cm³/mol. The van der Waals surface area contributed by atoms with Crippen molar-refractivity contribution in [1.29, 1.82) is 0 Å². The van der Waals surface area contributed by atoms with Crippen molar-refractivity contribution < 1.29 is 18.2 Å². The van der Waals surface area contributed by atoms with Crippen molar-refractivity contribution in [2.24, 2.45) is 0 Å². The summed E-state index contributed by atoms with van der Waals surface area (Å²) in [6, 6.07) is 25.4. The Bertz CT molecular complexity index is 2000. The fourth-order valence-electron chi connectivity index (χ4n) is 5.46. The lowest BCUT2D eigenvalue weighted by molar-refractivity contribution is -0.360. The van der Waals surface area contributed by atoms with Crippen LogP contribution in [-0.4, -0.2) is 36.7 Å². The van der Waals surface area contributed by atoms with Crippen molar-refractivity contribution in [3.63, 3.8) is 0 Å². The van der Waals surface area contributed by atoms with Crippen LogP contribution in [-0.2, 0) is 0 Å². The smallest absolute Gasteiger partial charge is 0.508 e. The molecule has 0 aliphatic carbocycles. The number of halogens is 2. The second-order valence-corrected chi connectivity index (χ2v) is 11.5. The van der Waals surface area contributed by atoms with E-state index in [1.165, 1.54) is 22.7 Å². The normalized spacial score (nSPS) is 15.9. The first-order chi connectivity index (χ1) is 19.0. The number of benzene rings is 3. The number of allylic oxidation sites excluding steroid dienone is 2. The number of rotatable bonds is 3. The van der Waals surface area contributed by atoms with E-state index in [9.17, 15) is 5.11 Å². The Morgan fingerprint density at radius 2 is 1.33 bits per heavy atom. The van der Waals surface area contributed by atoms with Crippen molar-refractivity contribution in [3.05, 3.63) is 119 Å². The van der Waals surface area contributed by atoms with E-state index in [2.05, 4.69) is 0 Å². The zero-order valence-corrected chi connectivity index (χ0v) is 21.8. The first kappa shape index (κ1) is 22.6. The molecule has 5 heterocycles. The van der Waals surface area contributed by atoms with E-state index in [1.807, 2.05) is 48.5 Å². The molecule has 0 saturated carbocycles. The van der Waals surface area contributed by atoms with Gasteiger partial charge in [-0.3, -0.25) is 0 Å². The molecule has 6 aromatic rings. The van der Waals surface area contributed by atoms with E-state index in [4.69, 9.17) is 9.97 Å².